The Labute approximate surface area is 134 Å². The molecule has 0 spiro atoms. The molecule has 0 bridgehead atoms. The molecule has 0 saturated carbocycles. The predicted octanol–water partition coefficient (Wildman–Crippen LogP) is 2.65. The molecule has 1 fully saturated rings. The molecule has 1 aliphatic rings. The monoisotopic (exact) mass is 316 g/mol. The van der Waals surface area contributed by atoms with E-state index in [1.165, 1.54) is 10.7 Å². The maximum absolute atomic E-state index is 14.2. The summed E-state index contributed by atoms with van der Waals surface area (Å²) < 4.78 is 15.7. The number of aryl methyl sites for hydroxylation is 1. The molecule has 2 heterocycles. The Morgan fingerprint density at radius 2 is 2.39 bits per heavy atom. The molecule has 1 saturated heterocycles. The average molecular weight is 316 g/mol. The van der Waals surface area contributed by atoms with Crippen molar-refractivity contribution in [2.24, 2.45) is 5.92 Å². The van der Waals surface area contributed by atoms with Crippen molar-refractivity contribution in [3.8, 4) is 5.69 Å². The van der Waals surface area contributed by atoms with Crippen LogP contribution < -0.4 is 10.6 Å². The number of nitrogens with zero attached hydrogens (tertiary/aromatic N) is 2. The van der Waals surface area contributed by atoms with E-state index in [0.29, 0.717) is 23.7 Å². The Morgan fingerprint density at radius 1 is 1.52 bits per heavy atom. The van der Waals surface area contributed by atoms with Crippen molar-refractivity contribution < 1.29 is 9.18 Å². The number of hydrogen-bond donors (Lipinski definition) is 2. The highest BCUT2D eigenvalue weighted by Crippen LogP contribution is 2.19. The zero-order chi connectivity index (χ0) is 16.2. The van der Waals surface area contributed by atoms with E-state index in [4.69, 9.17) is 0 Å². The maximum Gasteiger partial charge on any atom is 0.224 e. The van der Waals surface area contributed by atoms with Crippen LogP contribution in [0.3, 0.4) is 0 Å². The molecule has 0 aliphatic carbocycles. The zero-order valence-corrected chi connectivity index (χ0v) is 13.2. The van der Waals surface area contributed by atoms with E-state index in [2.05, 4.69) is 15.7 Å². The molecule has 122 valence electrons. The summed E-state index contributed by atoms with van der Waals surface area (Å²) in [5.74, 6) is 0.0905. The third-order valence-electron chi connectivity index (χ3n) is 4.13. The normalized spacial score (nSPS) is 17.4. The molecule has 2 N–H and O–H groups in total. The van der Waals surface area contributed by atoms with Gasteiger partial charge in [0.2, 0.25) is 5.91 Å². The van der Waals surface area contributed by atoms with E-state index < -0.39 is 5.82 Å². The third-order valence-corrected chi connectivity index (χ3v) is 4.13. The molecule has 2 aromatic rings. The van der Waals surface area contributed by atoms with Gasteiger partial charge in [0.1, 0.15) is 5.69 Å². The van der Waals surface area contributed by atoms with Crippen LogP contribution in [0.25, 0.3) is 5.69 Å². The van der Waals surface area contributed by atoms with E-state index >= 15 is 0 Å². The van der Waals surface area contributed by atoms with E-state index in [0.717, 1.165) is 31.5 Å². The first-order valence-corrected chi connectivity index (χ1v) is 7.93. The SMILES string of the molecule is Cc1cnn(-c2ccc(NC(=O)CCC3CCNC3)cc2F)c1. The third kappa shape index (κ3) is 3.96. The molecule has 1 aromatic carbocycles. The lowest BCUT2D eigenvalue weighted by molar-refractivity contribution is -0.116. The first-order valence-electron chi connectivity index (χ1n) is 7.93. The van der Waals surface area contributed by atoms with Crippen LogP contribution in [0, 0.1) is 18.7 Å². The van der Waals surface area contributed by atoms with Crippen LogP contribution in [0.1, 0.15) is 24.8 Å². The zero-order valence-electron chi connectivity index (χ0n) is 13.2. The van der Waals surface area contributed by atoms with Gasteiger partial charge in [0.25, 0.3) is 0 Å². The van der Waals surface area contributed by atoms with Crippen LogP contribution in [0.5, 0.6) is 0 Å². The summed E-state index contributed by atoms with van der Waals surface area (Å²) in [7, 11) is 0. The number of amides is 1. The Balaban J connectivity index is 1.60. The predicted molar refractivity (Wildman–Crippen MR) is 87.1 cm³/mol. The van der Waals surface area contributed by atoms with E-state index in [1.807, 2.05) is 6.92 Å². The lowest BCUT2D eigenvalue weighted by Gasteiger charge is -2.10. The lowest BCUT2D eigenvalue weighted by atomic mass is 10.0. The van der Waals surface area contributed by atoms with Crippen LogP contribution >= 0.6 is 0 Å². The second-order valence-electron chi connectivity index (χ2n) is 6.07. The molecule has 3 rings (SSSR count). The quantitative estimate of drug-likeness (QED) is 0.891. The Kier molecular flexibility index (Phi) is 4.71. The molecule has 5 nitrogen and oxygen atoms in total. The van der Waals surface area contributed by atoms with E-state index in [9.17, 15) is 9.18 Å². The molecule has 1 aliphatic heterocycles. The number of nitrogens with one attached hydrogen (secondary N) is 2. The van der Waals surface area contributed by atoms with Gasteiger partial charge < -0.3 is 10.6 Å². The molecule has 1 amide bonds. The van der Waals surface area contributed by atoms with E-state index in [-0.39, 0.29) is 5.91 Å². The van der Waals surface area contributed by atoms with Crippen LogP contribution in [-0.2, 0) is 4.79 Å². The fraction of sp³-hybridized carbons (Fsp3) is 0.412. The molecular weight excluding hydrogens is 295 g/mol. The summed E-state index contributed by atoms with van der Waals surface area (Å²) >= 11 is 0. The van der Waals surface area contributed by atoms with Crippen LogP contribution in [0.15, 0.2) is 30.6 Å². The standard InChI is InChI=1S/C17H21FN4O/c1-12-9-20-22(11-12)16-4-3-14(8-15(16)18)21-17(23)5-2-13-6-7-19-10-13/h3-4,8-9,11,13,19H,2,5-7,10H2,1H3,(H,21,23). The number of carbonyl (C=O) groups excluding carboxylic acids is 1. The van der Waals surface area contributed by atoms with Crippen molar-refractivity contribution in [2.45, 2.75) is 26.2 Å². The number of aromatic nitrogens is 2. The van der Waals surface area contributed by atoms with Crippen LogP contribution in [-0.4, -0.2) is 28.8 Å². The molecule has 1 unspecified atom stereocenters. The van der Waals surface area contributed by atoms with Gasteiger partial charge >= 0.3 is 0 Å². The topological polar surface area (TPSA) is 59.0 Å². The van der Waals surface area contributed by atoms with Crippen molar-refractivity contribution in [2.75, 3.05) is 18.4 Å². The highest BCUT2D eigenvalue weighted by Gasteiger charge is 2.16. The van der Waals surface area contributed by atoms with Gasteiger partial charge in [0, 0.05) is 18.3 Å². The fourth-order valence-corrected chi connectivity index (χ4v) is 2.83. The Morgan fingerprint density at radius 3 is 3.04 bits per heavy atom. The largest absolute Gasteiger partial charge is 0.326 e. The fourth-order valence-electron chi connectivity index (χ4n) is 2.83. The van der Waals surface area contributed by atoms with Crippen molar-refractivity contribution in [1.29, 1.82) is 0 Å². The smallest absolute Gasteiger partial charge is 0.224 e. The number of benzene rings is 1. The van der Waals surface area contributed by atoms with Gasteiger partial charge in [-0.15, -0.1) is 0 Å². The molecule has 23 heavy (non-hydrogen) atoms. The summed E-state index contributed by atoms with van der Waals surface area (Å²) in [4.78, 5) is 12.0. The summed E-state index contributed by atoms with van der Waals surface area (Å²) in [5, 5.41) is 10.1. The molecular formula is C17H21FN4O. The molecule has 1 aromatic heterocycles. The Bertz CT molecular complexity index is 692. The van der Waals surface area contributed by atoms with Crippen LogP contribution in [0.2, 0.25) is 0 Å². The van der Waals surface area contributed by atoms with Gasteiger partial charge in [-0.3, -0.25) is 4.79 Å². The number of halogens is 1. The summed E-state index contributed by atoms with van der Waals surface area (Å²) in [6.45, 7) is 3.92. The minimum atomic E-state index is -0.411. The lowest BCUT2D eigenvalue weighted by Crippen LogP contribution is -2.15. The molecule has 0 radical (unpaired) electrons. The highest BCUT2D eigenvalue weighted by atomic mass is 19.1. The minimum absolute atomic E-state index is 0.0704. The van der Waals surface area contributed by atoms with Crippen molar-refractivity contribution in [3.05, 3.63) is 42.0 Å². The average Bonchev–Trinajstić information content (AvgIpc) is 3.17. The number of hydrogen-bond acceptors (Lipinski definition) is 3. The second kappa shape index (κ2) is 6.91. The van der Waals surface area contributed by atoms with Gasteiger partial charge in [-0.05, 0) is 62.5 Å². The number of rotatable bonds is 5. The first kappa shape index (κ1) is 15.7. The molecule has 6 heteroatoms. The van der Waals surface area contributed by atoms with Crippen molar-refractivity contribution in [1.82, 2.24) is 15.1 Å². The number of carbonyl (C=O) groups is 1. The maximum atomic E-state index is 14.2. The Hall–Kier alpha value is -2.21. The van der Waals surface area contributed by atoms with E-state index in [1.54, 1.807) is 24.5 Å². The summed E-state index contributed by atoms with van der Waals surface area (Å²) in [5.41, 5.74) is 1.81. The number of anilines is 1. The highest BCUT2D eigenvalue weighted by molar-refractivity contribution is 5.90. The minimum Gasteiger partial charge on any atom is -0.326 e. The second-order valence-corrected chi connectivity index (χ2v) is 6.07. The van der Waals surface area contributed by atoms with Crippen LogP contribution in [0.4, 0.5) is 10.1 Å². The first-order chi connectivity index (χ1) is 11.1. The van der Waals surface area contributed by atoms with Gasteiger partial charge in [-0.1, -0.05) is 0 Å². The van der Waals surface area contributed by atoms with Gasteiger partial charge in [0.15, 0.2) is 5.82 Å². The van der Waals surface area contributed by atoms with Gasteiger partial charge in [-0.25, -0.2) is 9.07 Å². The summed E-state index contributed by atoms with van der Waals surface area (Å²) in [6, 6.07) is 4.66. The van der Waals surface area contributed by atoms with Crippen molar-refractivity contribution >= 4 is 11.6 Å². The van der Waals surface area contributed by atoms with Gasteiger partial charge in [0.05, 0.1) is 6.20 Å². The van der Waals surface area contributed by atoms with Gasteiger partial charge in [-0.2, -0.15) is 5.10 Å². The summed E-state index contributed by atoms with van der Waals surface area (Å²) in [6.07, 6.45) is 5.89. The van der Waals surface area contributed by atoms with Crippen molar-refractivity contribution in [3.63, 3.8) is 0 Å². The molecule has 1 atom stereocenters.